The highest BCUT2D eigenvalue weighted by molar-refractivity contribution is 6.34. The molecule has 1 unspecified atom stereocenters. The van der Waals surface area contributed by atoms with Crippen molar-refractivity contribution >= 4 is 29.2 Å². The summed E-state index contributed by atoms with van der Waals surface area (Å²) in [7, 11) is 0. The zero-order chi connectivity index (χ0) is 24.7. The molecule has 2 aliphatic rings. The average Bonchev–Trinajstić information content (AvgIpc) is 2.94. The maximum absolute atomic E-state index is 11.3. The molecule has 7 atom stereocenters. The predicted octanol–water partition coefficient (Wildman–Crippen LogP) is 4.35. The summed E-state index contributed by atoms with van der Waals surface area (Å²) in [6.45, 7) is 2.80. The molecule has 1 saturated heterocycles. The van der Waals surface area contributed by atoms with E-state index in [4.69, 9.17) is 37.4 Å². The topological polar surface area (TPSA) is 105 Å². The van der Waals surface area contributed by atoms with E-state index < -0.39 is 24.3 Å². The van der Waals surface area contributed by atoms with E-state index in [1.807, 2.05) is 13.0 Å². The Labute approximate surface area is 210 Å². The fourth-order valence-corrected chi connectivity index (χ4v) is 5.25. The maximum Gasteiger partial charge on any atom is 0.332 e. The van der Waals surface area contributed by atoms with Crippen molar-refractivity contribution in [2.75, 3.05) is 19.8 Å². The molecule has 0 radical (unpaired) electrons. The number of ether oxygens (including phenoxy) is 3. The van der Waals surface area contributed by atoms with Crippen LogP contribution < -0.4 is 4.74 Å². The summed E-state index contributed by atoms with van der Waals surface area (Å²) < 4.78 is 17.3. The molecule has 0 spiro atoms. The lowest BCUT2D eigenvalue weighted by atomic mass is 9.87. The Morgan fingerprint density at radius 1 is 1.26 bits per heavy atom. The van der Waals surface area contributed by atoms with Crippen LogP contribution in [0.15, 0.2) is 30.4 Å². The molecule has 1 aliphatic carbocycles. The van der Waals surface area contributed by atoms with Gasteiger partial charge in [0.1, 0.15) is 18.5 Å². The smallest absolute Gasteiger partial charge is 0.332 e. The normalized spacial score (nSPS) is 28.9. The first-order chi connectivity index (χ1) is 16.3. The number of benzene rings is 1. The number of hydrogen-bond donors (Lipinski definition) is 3. The largest absolute Gasteiger partial charge is 0.490 e. The summed E-state index contributed by atoms with van der Waals surface area (Å²) in [6, 6.07) is 4.85. The summed E-state index contributed by atoms with van der Waals surface area (Å²) in [5.41, 5.74) is 0. The van der Waals surface area contributed by atoms with E-state index in [1.165, 1.54) is 0 Å². The number of rotatable bonds is 11. The highest BCUT2D eigenvalue weighted by Gasteiger charge is 2.43. The highest BCUT2D eigenvalue weighted by Crippen LogP contribution is 2.41. The Morgan fingerprint density at radius 2 is 2.00 bits per heavy atom. The van der Waals surface area contributed by atoms with E-state index >= 15 is 0 Å². The van der Waals surface area contributed by atoms with Crippen LogP contribution in [-0.4, -0.2) is 65.5 Å². The number of aliphatic hydroxyl groups excluding tert-OH is 2. The number of carbonyl (C=O) groups is 1. The Hall–Kier alpha value is -1.35. The summed E-state index contributed by atoms with van der Waals surface area (Å²) in [5, 5.41) is 31.1. The third kappa shape index (κ3) is 7.83. The molecule has 1 aromatic carbocycles. The first kappa shape index (κ1) is 27.2. The van der Waals surface area contributed by atoms with Gasteiger partial charge in [0.15, 0.2) is 6.10 Å². The van der Waals surface area contributed by atoms with Crippen LogP contribution in [0.5, 0.6) is 5.75 Å². The van der Waals surface area contributed by atoms with Gasteiger partial charge in [0, 0.05) is 28.3 Å². The van der Waals surface area contributed by atoms with Crippen molar-refractivity contribution < 1.29 is 34.3 Å². The quantitative estimate of drug-likeness (QED) is 0.375. The Bertz CT molecular complexity index is 813. The van der Waals surface area contributed by atoms with Crippen LogP contribution in [-0.2, 0) is 14.3 Å². The van der Waals surface area contributed by atoms with E-state index in [0.29, 0.717) is 41.9 Å². The second kappa shape index (κ2) is 13.1. The fraction of sp³-hybridized carbons (Fsp3) is 0.640. The summed E-state index contributed by atoms with van der Waals surface area (Å²) >= 11 is 11.9. The molecule has 34 heavy (non-hydrogen) atoms. The molecule has 3 N–H and O–H groups in total. The number of halogens is 2. The van der Waals surface area contributed by atoms with Gasteiger partial charge < -0.3 is 29.5 Å². The van der Waals surface area contributed by atoms with Crippen LogP contribution in [0.2, 0.25) is 10.0 Å². The zero-order valence-corrected chi connectivity index (χ0v) is 20.8. The lowest BCUT2D eigenvalue weighted by Crippen LogP contribution is -2.27. The molecule has 190 valence electrons. The van der Waals surface area contributed by atoms with E-state index in [9.17, 15) is 20.1 Å². The number of hydrogen-bond acceptors (Lipinski definition) is 6. The monoisotopic (exact) mass is 516 g/mol. The molecular formula is C25H34Cl2O7. The van der Waals surface area contributed by atoms with Crippen molar-refractivity contribution in [3.63, 3.8) is 0 Å². The van der Waals surface area contributed by atoms with Crippen molar-refractivity contribution in [2.24, 2.45) is 17.8 Å². The van der Waals surface area contributed by atoms with Crippen LogP contribution >= 0.6 is 23.2 Å². The van der Waals surface area contributed by atoms with E-state index in [1.54, 1.807) is 24.3 Å². The van der Waals surface area contributed by atoms with E-state index in [-0.39, 0.29) is 30.5 Å². The zero-order valence-electron chi connectivity index (χ0n) is 19.3. The van der Waals surface area contributed by atoms with Gasteiger partial charge in [-0.2, -0.15) is 0 Å². The Morgan fingerprint density at radius 3 is 2.68 bits per heavy atom. The minimum Gasteiger partial charge on any atom is -0.490 e. The maximum atomic E-state index is 11.3. The van der Waals surface area contributed by atoms with Gasteiger partial charge in [0.05, 0.1) is 25.4 Å². The second-order valence-electron chi connectivity index (χ2n) is 9.18. The summed E-state index contributed by atoms with van der Waals surface area (Å²) in [6.07, 6.45) is 4.70. The highest BCUT2D eigenvalue weighted by atomic mass is 35.5. The van der Waals surface area contributed by atoms with Gasteiger partial charge >= 0.3 is 5.97 Å². The molecule has 0 aromatic heterocycles. The van der Waals surface area contributed by atoms with Gasteiger partial charge in [-0.05, 0) is 43.4 Å². The SMILES string of the molecule is CCCC(OC[C@@H]1CC[C@@H]2[C@@H](/C=C/[C@@H](O)COc3cc(Cl)cc(Cl)c3)[C@H](O)C[C@@H]2OC1)C(=O)O. The molecule has 3 rings (SSSR count). The summed E-state index contributed by atoms with van der Waals surface area (Å²) in [5.74, 6) is -0.341. The van der Waals surface area contributed by atoms with Gasteiger partial charge in [0.2, 0.25) is 0 Å². The number of aliphatic carboxylic acids is 1. The van der Waals surface area contributed by atoms with Gasteiger partial charge in [0.25, 0.3) is 0 Å². The van der Waals surface area contributed by atoms with Crippen LogP contribution in [0.1, 0.15) is 39.0 Å². The van der Waals surface area contributed by atoms with Crippen molar-refractivity contribution in [3.8, 4) is 5.75 Å². The second-order valence-corrected chi connectivity index (χ2v) is 10.0. The van der Waals surface area contributed by atoms with Crippen LogP contribution in [0.4, 0.5) is 0 Å². The fourth-order valence-electron chi connectivity index (χ4n) is 4.74. The molecule has 1 aliphatic heterocycles. The van der Waals surface area contributed by atoms with Crippen molar-refractivity contribution in [2.45, 2.75) is 63.4 Å². The number of fused-ring (bicyclic) bond motifs is 1. The minimum atomic E-state index is -0.928. The molecule has 0 amide bonds. The molecule has 9 heteroatoms. The lowest BCUT2D eigenvalue weighted by Gasteiger charge is -2.21. The van der Waals surface area contributed by atoms with Crippen molar-refractivity contribution in [3.05, 3.63) is 40.4 Å². The van der Waals surface area contributed by atoms with Crippen molar-refractivity contribution in [1.82, 2.24) is 0 Å². The molecule has 1 heterocycles. The molecule has 2 fully saturated rings. The molecule has 0 bridgehead atoms. The van der Waals surface area contributed by atoms with Crippen LogP contribution in [0.25, 0.3) is 0 Å². The van der Waals surface area contributed by atoms with Gasteiger partial charge in [-0.3, -0.25) is 0 Å². The number of carboxylic acid groups (broad SMARTS) is 1. The average molecular weight is 517 g/mol. The van der Waals surface area contributed by atoms with Crippen LogP contribution in [0.3, 0.4) is 0 Å². The Balaban J connectivity index is 1.51. The molecular weight excluding hydrogens is 483 g/mol. The number of aliphatic hydroxyl groups is 2. The third-order valence-corrected chi connectivity index (χ3v) is 6.95. The lowest BCUT2D eigenvalue weighted by molar-refractivity contribution is -0.152. The summed E-state index contributed by atoms with van der Waals surface area (Å²) in [4.78, 5) is 11.3. The van der Waals surface area contributed by atoms with Crippen molar-refractivity contribution in [1.29, 1.82) is 0 Å². The first-order valence-electron chi connectivity index (χ1n) is 11.9. The van der Waals surface area contributed by atoms with Crippen LogP contribution in [0, 0.1) is 17.8 Å². The number of carboxylic acids is 1. The van der Waals surface area contributed by atoms with E-state index in [2.05, 4.69) is 0 Å². The molecule has 7 nitrogen and oxygen atoms in total. The Kier molecular flexibility index (Phi) is 10.5. The minimum absolute atomic E-state index is 0.0303. The molecule has 1 saturated carbocycles. The predicted molar refractivity (Wildman–Crippen MR) is 129 cm³/mol. The van der Waals surface area contributed by atoms with E-state index in [0.717, 1.165) is 19.3 Å². The standard InChI is InChI=1S/C25H34Cl2O7/c1-2-3-23(25(30)31)33-12-15-4-6-21-20(22(29)11-24(21)34-13-15)7-5-18(28)14-32-19-9-16(26)8-17(27)10-19/h5,7-10,15,18,20-24,28-29H,2-4,6,11-14H2,1H3,(H,30,31)/b7-5+/t15-,18+,20+,21+,22+,23?,24-/m0/s1. The first-order valence-corrected chi connectivity index (χ1v) is 12.6. The van der Waals surface area contributed by atoms with Gasteiger partial charge in [-0.1, -0.05) is 48.7 Å². The molecule has 1 aromatic rings. The van der Waals surface area contributed by atoms with Gasteiger partial charge in [-0.25, -0.2) is 4.79 Å². The third-order valence-electron chi connectivity index (χ3n) is 6.52. The van der Waals surface area contributed by atoms with Gasteiger partial charge in [-0.15, -0.1) is 0 Å².